The van der Waals surface area contributed by atoms with Crippen LogP contribution in [0.2, 0.25) is 0 Å². The second-order valence-corrected chi connectivity index (χ2v) is 6.27. The third kappa shape index (κ3) is 2.26. The van der Waals surface area contributed by atoms with E-state index in [2.05, 4.69) is 34.3 Å². The molecule has 3 nitrogen and oxygen atoms in total. The van der Waals surface area contributed by atoms with Gasteiger partial charge in [0.1, 0.15) is 11.3 Å². The molecule has 1 aliphatic rings. The molecule has 18 heavy (non-hydrogen) atoms. The third-order valence-corrected chi connectivity index (χ3v) is 4.86. The number of imidazole rings is 1. The molecular weight excluding hydrogens is 242 g/mol. The predicted octanol–water partition coefficient (Wildman–Crippen LogP) is 3.28. The summed E-state index contributed by atoms with van der Waals surface area (Å²) in [4.78, 5) is 9.27. The lowest BCUT2D eigenvalue weighted by Gasteiger charge is -2.10. The van der Waals surface area contributed by atoms with Crippen LogP contribution in [0.15, 0.2) is 18.3 Å². The molecule has 0 amide bonds. The number of rotatable bonds is 4. The zero-order valence-electron chi connectivity index (χ0n) is 10.8. The van der Waals surface area contributed by atoms with Crippen LogP contribution in [0.5, 0.6) is 0 Å². The van der Waals surface area contributed by atoms with Crippen molar-refractivity contribution in [2.45, 2.75) is 44.4 Å². The molecule has 0 spiro atoms. The lowest BCUT2D eigenvalue weighted by atomic mass is 10.2. The standard InChI is InChI=1S/C14H19N3S/c1-2-8-17-13(10-11-5-4-9-18-11)16-12-6-3-7-15-14(12)17/h3,6-7,11H,2,4-5,8-10H2,1H3. The van der Waals surface area contributed by atoms with Crippen LogP contribution < -0.4 is 0 Å². The van der Waals surface area contributed by atoms with Crippen molar-refractivity contribution in [3.63, 3.8) is 0 Å². The fourth-order valence-electron chi connectivity index (χ4n) is 2.63. The first-order valence-electron chi connectivity index (χ1n) is 6.80. The molecule has 4 heteroatoms. The van der Waals surface area contributed by atoms with E-state index in [1.165, 1.54) is 24.4 Å². The molecule has 1 unspecified atom stereocenters. The van der Waals surface area contributed by atoms with E-state index in [0.717, 1.165) is 35.8 Å². The fourth-order valence-corrected chi connectivity index (χ4v) is 3.90. The van der Waals surface area contributed by atoms with Crippen molar-refractivity contribution in [2.75, 3.05) is 5.75 Å². The summed E-state index contributed by atoms with van der Waals surface area (Å²) in [6.07, 6.45) is 6.80. The summed E-state index contributed by atoms with van der Waals surface area (Å²) in [6, 6.07) is 4.04. The second kappa shape index (κ2) is 5.31. The Hall–Kier alpha value is -1.03. The molecule has 2 aromatic heterocycles. The van der Waals surface area contributed by atoms with Crippen molar-refractivity contribution in [3.05, 3.63) is 24.2 Å². The van der Waals surface area contributed by atoms with E-state index in [1.807, 2.05) is 12.3 Å². The lowest BCUT2D eigenvalue weighted by molar-refractivity contribution is 0.632. The number of aryl methyl sites for hydroxylation is 1. The highest BCUT2D eigenvalue weighted by atomic mass is 32.2. The minimum Gasteiger partial charge on any atom is -0.313 e. The summed E-state index contributed by atoms with van der Waals surface area (Å²) in [6.45, 7) is 3.24. The molecule has 1 aliphatic heterocycles. The minimum absolute atomic E-state index is 0.761. The van der Waals surface area contributed by atoms with Crippen LogP contribution >= 0.6 is 11.8 Å². The number of thioether (sulfide) groups is 1. The van der Waals surface area contributed by atoms with Crippen LogP contribution in [0.1, 0.15) is 32.0 Å². The topological polar surface area (TPSA) is 30.7 Å². The Balaban J connectivity index is 1.95. The highest BCUT2D eigenvalue weighted by Crippen LogP contribution is 2.29. The fraction of sp³-hybridized carbons (Fsp3) is 0.571. The van der Waals surface area contributed by atoms with Crippen LogP contribution in [0.4, 0.5) is 0 Å². The maximum Gasteiger partial charge on any atom is 0.159 e. The number of hydrogen-bond donors (Lipinski definition) is 0. The molecule has 0 saturated carbocycles. The van der Waals surface area contributed by atoms with Gasteiger partial charge in [-0.05, 0) is 37.1 Å². The van der Waals surface area contributed by atoms with Crippen LogP contribution in [-0.4, -0.2) is 25.5 Å². The van der Waals surface area contributed by atoms with Gasteiger partial charge in [-0.25, -0.2) is 9.97 Å². The number of fused-ring (bicyclic) bond motifs is 1. The minimum atomic E-state index is 0.761. The maximum absolute atomic E-state index is 4.78. The number of nitrogens with zero attached hydrogens (tertiary/aromatic N) is 3. The molecule has 1 saturated heterocycles. The third-order valence-electron chi connectivity index (χ3n) is 3.46. The molecule has 3 rings (SSSR count). The van der Waals surface area contributed by atoms with Gasteiger partial charge in [-0.1, -0.05) is 6.92 Å². The molecule has 3 heterocycles. The Morgan fingerprint density at radius 1 is 1.50 bits per heavy atom. The van der Waals surface area contributed by atoms with Crippen LogP contribution in [0.3, 0.4) is 0 Å². The normalized spacial score (nSPS) is 19.7. The lowest BCUT2D eigenvalue weighted by Crippen LogP contribution is -2.10. The molecule has 96 valence electrons. The van der Waals surface area contributed by atoms with Gasteiger partial charge in [0.2, 0.25) is 0 Å². The molecule has 0 aromatic carbocycles. The van der Waals surface area contributed by atoms with Crippen molar-refractivity contribution < 1.29 is 0 Å². The summed E-state index contributed by atoms with van der Waals surface area (Å²) in [5.74, 6) is 2.54. The van der Waals surface area contributed by atoms with Gasteiger partial charge >= 0.3 is 0 Å². The summed E-state index contributed by atoms with van der Waals surface area (Å²) < 4.78 is 2.31. The van der Waals surface area contributed by atoms with E-state index in [4.69, 9.17) is 4.98 Å². The van der Waals surface area contributed by atoms with E-state index in [0.29, 0.717) is 0 Å². The number of aromatic nitrogens is 3. The zero-order chi connectivity index (χ0) is 12.4. The van der Waals surface area contributed by atoms with Gasteiger partial charge < -0.3 is 4.57 Å². The Kier molecular flexibility index (Phi) is 3.55. The molecule has 1 fully saturated rings. The summed E-state index contributed by atoms with van der Waals surface area (Å²) in [5.41, 5.74) is 2.10. The Labute approximate surface area is 112 Å². The second-order valence-electron chi connectivity index (χ2n) is 4.86. The van der Waals surface area contributed by atoms with E-state index in [1.54, 1.807) is 0 Å². The summed E-state index contributed by atoms with van der Waals surface area (Å²) >= 11 is 2.10. The first-order valence-corrected chi connectivity index (χ1v) is 7.85. The highest BCUT2D eigenvalue weighted by Gasteiger charge is 2.20. The Morgan fingerprint density at radius 3 is 3.22 bits per heavy atom. The van der Waals surface area contributed by atoms with E-state index < -0.39 is 0 Å². The molecule has 0 aliphatic carbocycles. The Bertz CT molecular complexity index is 529. The molecule has 1 atom stereocenters. The van der Waals surface area contributed by atoms with Gasteiger partial charge in [0.25, 0.3) is 0 Å². The van der Waals surface area contributed by atoms with Crippen molar-refractivity contribution in [1.82, 2.24) is 14.5 Å². The Morgan fingerprint density at radius 2 is 2.44 bits per heavy atom. The van der Waals surface area contributed by atoms with E-state index in [-0.39, 0.29) is 0 Å². The largest absolute Gasteiger partial charge is 0.313 e. The van der Waals surface area contributed by atoms with Gasteiger partial charge in [0.05, 0.1) is 0 Å². The molecular formula is C14H19N3S. The van der Waals surface area contributed by atoms with Crippen molar-refractivity contribution >= 4 is 22.9 Å². The van der Waals surface area contributed by atoms with Gasteiger partial charge in [0.15, 0.2) is 5.65 Å². The smallest absolute Gasteiger partial charge is 0.159 e. The van der Waals surface area contributed by atoms with Crippen LogP contribution in [-0.2, 0) is 13.0 Å². The highest BCUT2D eigenvalue weighted by molar-refractivity contribution is 8.00. The maximum atomic E-state index is 4.78. The van der Waals surface area contributed by atoms with Gasteiger partial charge in [-0.3, -0.25) is 0 Å². The van der Waals surface area contributed by atoms with Crippen LogP contribution in [0.25, 0.3) is 11.2 Å². The first-order chi connectivity index (χ1) is 8.88. The number of hydrogen-bond acceptors (Lipinski definition) is 3. The average Bonchev–Trinajstić information content (AvgIpc) is 3.00. The molecule has 0 bridgehead atoms. The van der Waals surface area contributed by atoms with Gasteiger partial charge in [0, 0.05) is 24.4 Å². The van der Waals surface area contributed by atoms with Crippen molar-refractivity contribution in [3.8, 4) is 0 Å². The quantitative estimate of drug-likeness (QED) is 0.846. The van der Waals surface area contributed by atoms with Crippen molar-refractivity contribution in [1.29, 1.82) is 0 Å². The molecule has 0 N–H and O–H groups in total. The summed E-state index contributed by atoms with van der Waals surface area (Å²) in [7, 11) is 0. The predicted molar refractivity (Wildman–Crippen MR) is 77.0 cm³/mol. The molecule has 2 aromatic rings. The first kappa shape index (κ1) is 12.0. The van der Waals surface area contributed by atoms with Crippen LogP contribution in [0, 0.1) is 0 Å². The average molecular weight is 261 g/mol. The SMILES string of the molecule is CCCn1c(CC2CCCS2)nc2cccnc21. The summed E-state index contributed by atoms with van der Waals surface area (Å²) in [5, 5.41) is 0.761. The van der Waals surface area contributed by atoms with E-state index in [9.17, 15) is 0 Å². The van der Waals surface area contributed by atoms with Gasteiger partial charge in [-0.2, -0.15) is 11.8 Å². The van der Waals surface area contributed by atoms with Crippen molar-refractivity contribution in [2.24, 2.45) is 0 Å². The van der Waals surface area contributed by atoms with Gasteiger partial charge in [-0.15, -0.1) is 0 Å². The zero-order valence-corrected chi connectivity index (χ0v) is 11.6. The van der Waals surface area contributed by atoms with E-state index >= 15 is 0 Å². The number of pyridine rings is 1. The monoisotopic (exact) mass is 261 g/mol. The molecule has 0 radical (unpaired) electrons.